The van der Waals surface area contributed by atoms with Gasteiger partial charge < -0.3 is 20.3 Å². The number of aliphatic hydroxyl groups excluding tert-OH is 1. The Bertz CT molecular complexity index is 597. The van der Waals surface area contributed by atoms with E-state index in [9.17, 15) is 4.79 Å². The summed E-state index contributed by atoms with van der Waals surface area (Å²) >= 11 is 0. The number of hydrogen-bond acceptors (Lipinski definition) is 3. The number of imidazole rings is 1. The lowest BCUT2D eigenvalue weighted by molar-refractivity contribution is 0.228. The van der Waals surface area contributed by atoms with E-state index in [2.05, 4.69) is 20.2 Å². The Morgan fingerprint density at radius 3 is 3.00 bits per heavy atom. The molecule has 0 aliphatic rings. The highest BCUT2D eigenvalue weighted by Gasteiger charge is 2.09. The average molecular weight is 304 g/mol. The van der Waals surface area contributed by atoms with Crippen molar-refractivity contribution in [1.82, 2.24) is 20.2 Å². The van der Waals surface area contributed by atoms with Crippen LogP contribution in [0, 0.1) is 0 Å². The van der Waals surface area contributed by atoms with Crippen molar-refractivity contribution >= 4 is 17.1 Å². The molecule has 0 aliphatic heterocycles. The number of aliphatic hydroxyl groups is 1. The van der Waals surface area contributed by atoms with Gasteiger partial charge in [0, 0.05) is 25.7 Å². The molecule has 1 unspecified atom stereocenters. The van der Waals surface area contributed by atoms with Gasteiger partial charge in [-0.05, 0) is 31.4 Å². The number of benzene rings is 1. The Kier molecular flexibility index (Phi) is 6.21. The van der Waals surface area contributed by atoms with Crippen LogP contribution >= 0.6 is 0 Å². The lowest BCUT2D eigenvalue weighted by atomic mass is 10.2. The van der Waals surface area contributed by atoms with Crippen LogP contribution in [0.5, 0.6) is 0 Å². The van der Waals surface area contributed by atoms with Crippen molar-refractivity contribution in [2.45, 2.75) is 38.8 Å². The third kappa shape index (κ3) is 4.46. The largest absolute Gasteiger partial charge is 0.396 e. The molecule has 2 amide bonds. The summed E-state index contributed by atoms with van der Waals surface area (Å²) in [6.45, 7) is 3.50. The van der Waals surface area contributed by atoms with Crippen molar-refractivity contribution in [2.75, 3.05) is 13.2 Å². The number of para-hydroxylation sites is 2. The molecule has 1 atom stereocenters. The van der Waals surface area contributed by atoms with Crippen LogP contribution in [-0.4, -0.2) is 39.9 Å². The first kappa shape index (κ1) is 16.3. The minimum atomic E-state index is -0.171. The van der Waals surface area contributed by atoms with Crippen molar-refractivity contribution in [3.05, 3.63) is 30.6 Å². The molecule has 1 heterocycles. The van der Waals surface area contributed by atoms with Gasteiger partial charge in [0.1, 0.15) is 0 Å². The van der Waals surface area contributed by atoms with E-state index >= 15 is 0 Å². The van der Waals surface area contributed by atoms with Crippen molar-refractivity contribution < 1.29 is 9.90 Å². The van der Waals surface area contributed by atoms with Gasteiger partial charge in [0.2, 0.25) is 0 Å². The SMILES string of the molecule is CCC(CCO)NC(=O)NCCCn1cnc2ccccc21. The first-order valence-corrected chi connectivity index (χ1v) is 7.79. The zero-order valence-electron chi connectivity index (χ0n) is 13.0. The highest BCUT2D eigenvalue weighted by atomic mass is 16.3. The molecule has 120 valence electrons. The average Bonchev–Trinajstić information content (AvgIpc) is 2.94. The van der Waals surface area contributed by atoms with Gasteiger partial charge in [-0.1, -0.05) is 19.1 Å². The van der Waals surface area contributed by atoms with Gasteiger partial charge in [-0.3, -0.25) is 0 Å². The Balaban J connectivity index is 1.72. The molecular weight excluding hydrogens is 280 g/mol. The minimum absolute atomic E-state index is 0.0302. The maximum Gasteiger partial charge on any atom is 0.315 e. The maximum absolute atomic E-state index is 11.7. The van der Waals surface area contributed by atoms with Crippen LogP contribution < -0.4 is 10.6 Å². The molecule has 6 heteroatoms. The quantitative estimate of drug-likeness (QED) is 0.652. The number of rotatable bonds is 8. The van der Waals surface area contributed by atoms with E-state index in [1.54, 1.807) is 0 Å². The second kappa shape index (κ2) is 8.38. The van der Waals surface area contributed by atoms with Gasteiger partial charge in [-0.2, -0.15) is 0 Å². The Hall–Kier alpha value is -2.08. The molecule has 22 heavy (non-hydrogen) atoms. The summed E-state index contributed by atoms with van der Waals surface area (Å²) in [6, 6.07) is 7.87. The van der Waals surface area contributed by atoms with Gasteiger partial charge >= 0.3 is 6.03 Å². The summed E-state index contributed by atoms with van der Waals surface area (Å²) in [6.07, 6.45) is 4.07. The third-order valence-electron chi connectivity index (χ3n) is 3.69. The normalized spacial score (nSPS) is 12.3. The highest BCUT2D eigenvalue weighted by molar-refractivity contribution is 5.75. The van der Waals surface area contributed by atoms with Crippen LogP contribution in [0.1, 0.15) is 26.2 Å². The highest BCUT2D eigenvalue weighted by Crippen LogP contribution is 2.11. The number of carbonyl (C=O) groups excluding carboxylic acids is 1. The van der Waals surface area contributed by atoms with Crippen LogP contribution in [0.2, 0.25) is 0 Å². The van der Waals surface area contributed by atoms with E-state index < -0.39 is 0 Å². The molecular formula is C16H24N4O2. The number of aryl methyl sites for hydroxylation is 1. The second-order valence-corrected chi connectivity index (χ2v) is 5.30. The number of nitrogens with zero attached hydrogens (tertiary/aromatic N) is 2. The molecule has 2 rings (SSSR count). The molecule has 0 saturated carbocycles. The molecule has 0 aliphatic carbocycles. The molecule has 2 aromatic rings. The van der Waals surface area contributed by atoms with Crippen molar-refractivity contribution in [1.29, 1.82) is 0 Å². The zero-order valence-corrected chi connectivity index (χ0v) is 13.0. The fraction of sp³-hybridized carbons (Fsp3) is 0.500. The number of carbonyl (C=O) groups is 1. The predicted molar refractivity (Wildman–Crippen MR) is 86.7 cm³/mol. The third-order valence-corrected chi connectivity index (χ3v) is 3.69. The molecule has 0 spiro atoms. The first-order valence-electron chi connectivity index (χ1n) is 7.79. The van der Waals surface area contributed by atoms with Crippen molar-refractivity contribution in [3.63, 3.8) is 0 Å². The van der Waals surface area contributed by atoms with Gasteiger partial charge in [-0.25, -0.2) is 9.78 Å². The van der Waals surface area contributed by atoms with E-state index in [1.165, 1.54) is 0 Å². The first-order chi connectivity index (χ1) is 10.7. The zero-order chi connectivity index (χ0) is 15.8. The molecule has 0 radical (unpaired) electrons. The smallest absolute Gasteiger partial charge is 0.315 e. The standard InChI is InChI=1S/C16H24N4O2/c1-2-13(8-11-21)19-16(22)17-9-5-10-20-12-18-14-6-3-4-7-15(14)20/h3-4,6-7,12-13,21H,2,5,8-11H2,1H3,(H2,17,19,22). The molecule has 0 fully saturated rings. The fourth-order valence-electron chi connectivity index (χ4n) is 2.41. The lowest BCUT2D eigenvalue weighted by Gasteiger charge is -2.16. The Morgan fingerprint density at radius 2 is 2.23 bits per heavy atom. The van der Waals surface area contributed by atoms with E-state index in [0.29, 0.717) is 13.0 Å². The number of aromatic nitrogens is 2. The van der Waals surface area contributed by atoms with E-state index in [1.807, 2.05) is 37.5 Å². The van der Waals surface area contributed by atoms with Crippen LogP contribution in [0.3, 0.4) is 0 Å². The molecule has 0 saturated heterocycles. The number of amides is 2. The van der Waals surface area contributed by atoms with Crippen molar-refractivity contribution in [2.24, 2.45) is 0 Å². The molecule has 0 bridgehead atoms. The van der Waals surface area contributed by atoms with Crippen LogP contribution in [0.25, 0.3) is 11.0 Å². The summed E-state index contributed by atoms with van der Waals surface area (Å²) in [5.74, 6) is 0. The number of hydrogen-bond donors (Lipinski definition) is 3. The fourth-order valence-corrected chi connectivity index (χ4v) is 2.41. The van der Waals surface area contributed by atoms with Gasteiger partial charge in [-0.15, -0.1) is 0 Å². The van der Waals surface area contributed by atoms with E-state index in [0.717, 1.165) is 30.4 Å². The van der Waals surface area contributed by atoms with Gasteiger partial charge in [0.05, 0.1) is 17.4 Å². The number of urea groups is 1. The molecule has 3 N–H and O–H groups in total. The van der Waals surface area contributed by atoms with Crippen LogP contribution in [0.4, 0.5) is 4.79 Å². The summed E-state index contributed by atoms with van der Waals surface area (Å²) in [5, 5.41) is 14.6. The van der Waals surface area contributed by atoms with Crippen LogP contribution in [-0.2, 0) is 6.54 Å². The molecule has 1 aromatic carbocycles. The monoisotopic (exact) mass is 304 g/mol. The predicted octanol–water partition coefficient (Wildman–Crippen LogP) is 1.89. The Morgan fingerprint density at radius 1 is 1.41 bits per heavy atom. The lowest BCUT2D eigenvalue weighted by Crippen LogP contribution is -2.42. The number of fused-ring (bicyclic) bond motifs is 1. The van der Waals surface area contributed by atoms with Gasteiger partial charge in [0.25, 0.3) is 0 Å². The molecule has 1 aromatic heterocycles. The van der Waals surface area contributed by atoms with E-state index in [4.69, 9.17) is 5.11 Å². The summed E-state index contributed by atoms with van der Waals surface area (Å²) in [4.78, 5) is 16.1. The molecule has 6 nitrogen and oxygen atoms in total. The topological polar surface area (TPSA) is 79.2 Å². The maximum atomic E-state index is 11.7. The summed E-state index contributed by atoms with van der Waals surface area (Å²) in [5.41, 5.74) is 2.10. The second-order valence-electron chi connectivity index (χ2n) is 5.30. The minimum Gasteiger partial charge on any atom is -0.396 e. The van der Waals surface area contributed by atoms with Crippen molar-refractivity contribution in [3.8, 4) is 0 Å². The van der Waals surface area contributed by atoms with E-state index in [-0.39, 0.29) is 18.7 Å². The Labute approximate surface area is 130 Å². The summed E-state index contributed by atoms with van der Waals surface area (Å²) < 4.78 is 2.09. The number of nitrogens with one attached hydrogen (secondary N) is 2. The summed E-state index contributed by atoms with van der Waals surface area (Å²) in [7, 11) is 0. The van der Waals surface area contributed by atoms with Crippen LogP contribution in [0.15, 0.2) is 30.6 Å². The van der Waals surface area contributed by atoms with Gasteiger partial charge in [0.15, 0.2) is 0 Å².